The molecule has 0 heterocycles. The Hall–Kier alpha value is -2.02. The van der Waals surface area contributed by atoms with E-state index >= 15 is 0 Å². The number of Topliss-reactive ketones (excluding diaryl/α,β-unsaturated/α-hetero) is 1. The van der Waals surface area contributed by atoms with Crippen molar-refractivity contribution in [3.63, 3.8) is 0 Å². The number of nitro groups is 1. The Morgan fingerprint density at radius 3 is 2.03 bits per heavy atom. The van der Waals surface area contributed by atoms with E-state index in [0.717, 1.165) is 4.47 Å². The van der Waals surface area contributed by atoms with E-state index in [1.807, 2.05) is 0 Å². The smallest absolute Gasteiger partial charge is 0.246 e. The van der Waals surface area contributed by atoms with Gasteiger partial charge in [0.1, 0.15) is 0 Å². The van der Waals surface area contributed by atoms with Crippen molar-refractivity contribution in [2.75, 3.05) is 0 Å². The second-order valence-corrected chi connectivity index (χ2v) is 8.83. The first-order valence-electron chi connectivity index (χ1n) is 8.76. The summed E-state index contributed by atoms with van der Waals surface area (Å²) in [5.41, 5.74) is 1.67. The normalized spacial score (nSPS) is 14.0. The molecule has 4 nitrogen and oxygen atoms in total. The molecule has 0 bridgehead atoms. The molecule has 0 radical (unpaired) electrons. The minimum Gasteiger partial charge on any atom is -0.293 e. The Morgan fingerprint density at radius 2 is 1.48 bits per heavy atom. The van der Waals surface area contributed by atoms with Crippen molar-refractivity contribution in [3.8, 4) is 0 Å². The van der Waals surface area contributed by atoms with Gasteiger partial charge in [-0.1, -0.05) is 98.1 Å². The third-order valence-corrected chi connectivity index (χ3v) is 6.42. The Balaban J connectivity index is 2.09. The summed E-state index contributed by atoms with van der Waals surface area (Å²) in [6.45, 7) is 0. The highest BCUT2D eigenvalue weighted by Crippen LogP contribution is 2.40. The second kappa shape index (κ2) is 9.65. The highest BCUT2D eigenvalue weighted by atomic mass is 79.9. The maximum Gasteiger partial charge on any atom is 0.246 e. The fraction of sp³-hybridized carbons (Fsp3) is 0.136. The predicted octanol–water partition coefficient (Wildman–Crippen LogP) is 6.85. The summed E-state index contributed by atoms with van der Waals surface area (Å²) < 4.78 is 0.849. The molecule has 0 aromatic heterocycles. The fourth-order valence-corrected chi connectivity index (χ4v) is 4.49. The highest BCUT2D eigenvalue weighted by molar-refractivity contribution is 9.10. The first-order chi connectivity index (χ1) is 13.9. The molecule has 0 aliphatic carbocycles. The summed E-state index contributed by atoms with van der Waals surface area (Å²) >= 11 is 12.9. The molecule has 7 heteroatoms. The quantitative estimate of drug-likeness (QED) is 0.143. The maximum atomic E-state index is 13.2. The number of nitrogens with zero attached hydrogens (tertiary/aromatic N) is 1. The molecule has 0 saturated carbocycles. The Morgan fingerprint density at radius 1 is 0.897 bits per heavy atom. The molecule has 148 valence electrons. The van der Waals surface area contributed by atoms with Gasteiger partial charge in [-0.05, 0) is 29.8 Å². The molecular weight excluding hydrogens is 522 g/mol. The predicted molar refractivity (Wildman–Crippen MR) is 122 cm³/mol. The Kier molecular flexibility index (Phi) is 7.22. The van der Waals surface area contributed by atoms with Crippen LogP contribution in [0, 0.1) is 10.1 Å². The average Bonchev–Trinajstić information content (AvgIpc) is 2.72. The molecular formula is C22H16Br2ClNO3. The Bertz CT molecular complexity index is 995. The van der Waals surface area contributed by atoms with Crippen LogP contribution in [0.4, 0.5) is 0 Å². The third-order valence-electron chi connectivity index (χ3n) is 4.66. The molecule has 0 N–H and O–H groups in total. The number of rotatable bonds is 7. The lowest BCUT2D eigenvalue weighted by molar-refractivity contribution is -0.533. The van der Waals surface area contributed by atoms with Crippen LogP contribution >= 0.6 is 43.5 Å². The monoisotopic (exact) mass is 535 g/mol. The van der Waals surface area contributed by atoms with E-state index in [-0.39, 0.29) is 10.7 Å². The summed E-state index contributed by atoms with van der Waals surface area (Å²) in [7, 11) is 0. The topological polar surface area (TPSA) is 60.2 Å². The molecule has 0 unspecified atom stereocenters. The number of carbonyl (C=O) groups excluding carboxylic acids is 1. The van der Waals surface area contributed by atoms with Crippen LogP contribution in [0.15, 0.2) is 83.3 Å². The molecule has 0 aliphatic heterocycles. The molecule has 3 rings (SSSR count). The van der Waals surface area contributed by atoms with Gasteiger partial charge < -0.3 is 0 Å². The lowest BCUT2D eigenvalue weighted by Gasteiger charge is -2.26. The zero-order chi connectivity index (χ0) is 21.0. The molecule has 3 aromatic carbocycles. The number of carbonyl (C=O) groups is 1. The van der Waals surface area contributed by atoms with Crippen molar-refractivity contribution in [3.05, 3.63) is 115 Å². The van der Waals surface area contributed by atoms with E-state index in [1.54, 1.807) is 78.9 Å². The number of halogens is 3. The largest absolute Gasteiger partial charge is 0.293 e. The number of hydrogen-bond acceptors (Lipinski definition) is 3. The third kappa shape index (κ3) is 5.13. The summed E-state index contributed by atoms with van der Waals surface area (Å²) in [5.74, 6) is -0.957. The van der Waals surface area contributed by atoms with E-state index in [2.05, 4.69) is 31.9 Å². The van der Waals surface area contributed by atoms with E-state index < -0.39 is 16.8 Å². The summed E-state index contributed by atoms with van der Waals surface area (Å²) in [6, 6.07) is 21.4. The van der Waals surface area contributed by atoms with Gasteiger partial charge in [0.05, 0.1) is 10.7 Å². The van der Waals surface area contributed by atoms with Crippen LogP contribution < -0.4 is 0 Å². The van der Waals surface area contributed by atoms with E-state index in [1.165, 1.54) is 0 Å². The van der Waals surface area contributed by atoms with Crippen LogP contribution in [-0.4, -0.2) is 15.5 Å². The number of hydrogen-bond donors (Lipinski definition) is 0. The molecule has 0 aliphatic rings. The number of ketones is 1. The van der Waals surface area contributed by atoms with Crippen LogP contribution in [0.3, 0.4) is 0 Å². The van der Waals surface area contributed by atoms with Gasteiger partial charge in [-0.25, -0.2) is 0 Å². The van der Waals surface area contributed by atoms with Crippen molar-refractivity contribution in [2.45, 2.75) is 16.8 Å². The van der Waals surface area contributed by atoms with Crippen molar-refractivity contribution in [2.24, 2.45) is 0 Å². The molecule has 3 aromatic rings. The van der Waals surface area contributed by atoms with Crippen LogP contribution in [-0.2, 0) is 0 Å². The molecule has 0 amide bonds. The zero-order valence-corrected chi connectivity index (χ0v) is 19.0. The van der Waals surface area contributed by atoms with Crippen molar-refractivity contribution in [1.29, 1.82) is 0 Å². The Labute approximate surface area is 190 Å². The minimum absolute atomic E-state index is 0.222. The van der Waals surface area contributed by atoms with Gasteiger partial charge in [-0.15, -0.1) is 0 Å². The fourth-order valence-electron chi connectivity index (χ4n) is 3.24. The van der Waals surface area contributed by atoms with Gasteiger partial charge in [0, 0.05) is 25.5 Å². The van der Waals surface area contributed by atoms with Gasteiger partial charge in [0.25, 0.3) is 0 Å². The number of benzene rings is 3. The molecule has 0 spiro atoms. The lowest BCUT2D eigenvalue weighted by atomic mass is 9.82. The SMILES string of the molecule is O=C(c1ccc(Br)cc1)[C@@H](Br)[C@H](c1ccc(Cl)cc1)[C@H](c1ccccc1)[N+](=O)[O-]. The standard InChI is InChI=1S/C22H16Br2ClNO3/c23-17-10-6-16(7-11-17)22(27)20(24)19(14-8-12-18(25)13-9-14)21(26(28)29)15-4-2-1-3-5-15/h1-13,19-21H/t19-,20-,21-/m0/s1. The van der Waals surface area contributed by atoms with E-state index in [0.29, 0.717) is 21.7 Å². The zero-order valence-electron chi connectivity index (χ0n) is 15.0. The minimum atomic E-state index is -1.11. The molecule has 0 fully saturated rings. The van der Waals surface area contributed by atoms with Gasteiger partial charge in [0.15, 0.2) is 5.78 Å². The summed E-state index contributed by atoms with van der Waals surface area (Å²) in [4.78, 5) is 24.2. The molecule has 3 atom stereocenters. The first kappa shape index (κ1) is 21.7. The van der Waals surface area contributed by atoms with Crippen LogP contribution in [0.1, 0.15) is 33.4 Å². The maximum absolute atomic E-state index is 13.2. The van der Waals surface area contributed by atoms with Gasteiger partial charge in [-0.3, -0.25) is 14.9 Å². The van der Waals surface area contributed by atoms with E-state index in [9.17, 15) is 14.9 Å². The average molecular weight is 538 g/mol. The van der Waals surface area contributed by atoms with Crippen molar-refractivity contribution < 1.29 is 9.72 Å². The first-order valence-corrected chi connectivity index (χ1v) is 10.8. The van der Waals surface area contributed by atoms with E-state index in [4.69, 9.17) is 11.6 Å². The lowest BCUT2D eigenvalue weighted by Crippen LogP contribution is -2.31. The summed E-state index contributed by atoms with van der Waals surface area (Å²) in [5, 5.41) is 12.7. The van der Waals surface area contributed by atoms with Crippen molar-refractivity contribution in [1.82, 2.24) is 0 Å². The van der Waals surface area contributed by atoms with Gasteiger partial charge >= 0.3 is 0 Å². The van der Waals surface area contributed by atoms with Gasteiger partial charge in [0.2, 0.25) is 6.04 Å². The molecule has 0 saturated heterocycles. The van der Waals surface area contributed by atoms with Gasteiger partial charge in [-0.2, -0.15) is 0 Å². The second-order valence-electron chi connectivity index (χ2n) is 6.49. The summed E-state index contributed by atoms with van der Waals surface area (Å²) in [6.07, 6.45) is 0. The van der Waals surface area contributed by atoms with Crippen LogP contribution in [0.25, 0.3) is 0 Å². The highest BCUT2D eigenvalue weighted by Gasteiger charge is 2.42. The molecule has 29 heavy (non-hydrogen) atoms. The van der Waals surface area contributed by atoms with Crippen molar-refractivity contribution >= 4 is 49.2 Å². The van der Waals surface area contributed by atoms with Crippen LogP contribution in [0.2, 0.25) is 5.02 Å². The van der Waals surface area contributed by atoms with Crippen LogP contribution in [0.5, 0.6) is 0 Å². The number of alkyl halides is 1.